The van der Waals surface area contributed by atoms with Gasteiger partial charge in [0.15, 0.2) is 11.6 Å². The summed E-state index contributed by atoms with van der Waals surface area (Å²) < 4.78 is 58.9. The molecule has 0 atom stereocenters. The lowest BCUT2D eigenvalue weighted by molar-refractivity contribution is -0.185. The lowest BCUT2D eigenvalue weighted by Gasteiger charge is -2.19. The van der Waals surface area contributed by atoms with E-state index in [-0.39, 0.29) is 30.3 Å². The molecule has 0 saturated carbocycles. The largest absolute Gasteiger partial charge is 0.490 e. The van der Waals surface area contributed by atoms with Gasteiger partial charge in [0.05, 0.1) is 5.56 Å². The Bertz CT molecular complexity index is 1040. The first-order valence-corrected chi connectivity index (χ1v) is 9.31. The average Bonchev–Trinajstić information content (AvgIpc) is 2.73. The second-order valence-electron chi connectivity index (χ2n) is 6.41. The first-order valence-electron chi connectivity index (χ1n) is 9.31. The first-order chi connectivity index (χ1) is 14.4. The number of alkyl halides is 2. The highest BCUT2D eigenvalue weighted by Crippen LogP contribution is 2.35. The minimum absolute atomic E-state index is 0.0820. The molecule has 3 aromatic rings. The van der Waals surface area contributed by atoms with Gasteiger partial charge in [-0.25, -0.2) is 4.39 Å². The molecule has 0 spiro atoms. The van der Waals surface area contributed by atoms with Crippen LogP contribution in [-0.2, 0) is 6.11 Å². The summed E-state index contributed by atoms with van der Waals surface area (Å²) in [6.07, 6.45) is 1.54. The smallest absolute Gasteiger partial charge is 0.426 e. The summed E-state index contributed by atoms with van der Waals surface area (Å²) in [5.74, 6) is -0.117. The highest BCUT2D eigenvalue weighted by atomic mass is 19.3. The van der Waals surface area contributed by atoms with E-state index in [1.807, 2.05) is 6.92 Å². The minimum atomic E-state index is -3.57. The van der Waals surface area contributed by atoms with Crippen molar-refractivity contribution in [3.63, 3.8) is 0 Å². The molecule has 3 aromatic carbocycles. The van der Waals surface area contributed by atoms with Crippen molar-refractivity contribution in [2.45, 2.75) is 13.0 Å². The molecule has 0 amide bonds. The van der Waals surface area contributed by atoms with E-state index in [0.29, 0.717) is 16.5 Å². The van der Waals surface area contributed by atoms with Crippen molar-refractivity contribution in [3.8, 4) is 17.2 Å². The fourth-order valence-corrected chi connectivity index (χ4v) is 2.74. The normalized spacial score (nSPS) is 11.6. The molecule has 3 rings (SSSR count). The lowest BCUT2D eigenvalue weighted by atomic mass is 10.1. The molecule has 0 fully saturated rings. The molecular weight excluding hydrogens is 393 g/mol. The highest BCUT2D eigenvalue weighted by molar-refractivity contribution is 5.85. The number of allylic oxidation sites excluding steroid dienone is 1. The molecule has 0 N–H and O–H groups in total. The molecular formula is C24H21F3O3. The van der Waals surface area contributed by atoms with Crippen LogP contribution in [0.5, 0.6) is 17.2 Å². The fraction of sp³-hybridized carbons (Fsp3) is 0.167. The molecule has 0 aliphatic rings. The van der Waals surface area contributed by atoms with Crippen LogP contribution in [0.2, 0.25) is 0 Å². The summed E-state index contributed by atoms with van der Waals surface area (Å²) in [5.41, 5.74) is -0.326. The molecule has 0 unspecified atom stereocenters. The zero-order valence-corrected chi connectivity index (χ0v) is 16.4. The maximum absolute atomic E-state index is 14.6. The van der Waals surface area contributed by atoms with Gasteiger partial charge >= 0.3 is 6.11 Å². The SMILES string of the molecule is C=CCOc1ccc(C(F)(F)Oc2ccc3cc(OC/C=C/C)c(F)cc3c2)cc1. The number of hydrogen-bond donors (Lipinski definition) is 0. The Morgan fingerprint density at radius 2 is 1.63 bits per heavy atom. The second-order valence-corrected chi connectivity index (χ2v) is 6.41. The van der Waals surface area contributed by atoms with Crippen LogP contribution in [0.3, 0.4) is 0 Å². The van der Waals surface area contributed by atoms with Crippen LogP contribution in [0, 0.1) is 5.82 Å². The molecule has 3 nitrogen and oxygen atoms in total. The van der Waals surface area contributed by atoms with Crippen LogP contribution >= 0.6 is 0 Å². The van der Waals surface area contributed by atoms with Crippen LogP contribution < -0.4 is 14.2 Å². The third kappa shape index (κ3) is 5.14. The molecule has 6 heteroatoms. The molecule has 0 aromatic heterocycles. The Labute approximate surface area is 173 Å². The van der Waals surface area contributed by atoms with Crippen LogP contribution in [0.1, 0.15) is 12.5 Å². The van der Waals surface area contributed by atoms with Crippen LogP contribution in [0.15, 0.2) is 79.4 Å². The van der Waals surface area contributed by atoms with Gasteiger partial charge in [0.25, 0.3) is 0 Å². The summed E-state index contributed by atoms with van der Waals surface area (Å²) in [7, 11) is 0. The zero-order valence-electron chi connectivity index (χ0n) is 16.4. The molecule has 0 bridgehead atoms. The maximum Gasteiger partial charge on any atom is 0.426 e. The zero-order chi connectivity index (χ0) is 21.6. The van der Waals surface area contributed by atoms with Gasteiger partial charge in [0.2, 0.25) is 0 Å². The lowest BCUT2D eigenvalue weighted by Crippen LogP contribution is -2.21. The van der Waals surface area contributed by atoms with Crippen molar-refractivity contribution in [1.82, 2.24) is 0 Å². The molecule has 156 valence electrons. The summed E-state index contributed by atoms with van der Waals surface area (Å²) in [6.45, 7) is 5.88. The summed E-state index contributed by atoms with van der Waals surface area (Å²) >= 11 is 0. The van der Waals surface area contributed by atoms with Gasteiger partial charge in [-0.2, -0.15) is 8.78 Å². The van der Waals surface area contributed by atoms with Gasteiger partial charge in [-0.15, -0.1) is 0 Å². The van der Waals surface area contributed by atoms with Gasteiger partial charge in [-0.3, -0.25) is 0 Å². The number of ether oxygens (including phenoxy) is 3. The van der Waals surface area contributed by atoms with E-state index in [9.17, 15) is 13.2 Å². The van der Waals surface area contributed by atoms with Crippen LogP contribution in [0.25, 0.3) is 10.8 Å². The van der Waals surface area contributed by atoms with Gasteiger partial charge in [-0.1, -0.05) is 30.9 Å². The van der Waals surface area contributed by atoms with Gasteiger partial charge in [0, 0.05) is 0 Å². The van der Waals surface area contributed by atoms with E-state index in [1.165, 1.54) is 48.5 Å². The van der Waals surface area contributed by atoms with Crippen molar-refractivity contribution in [3.05, 3.63) is 90.8 Å². The van der Waals surface area contributed by atoms with Gasteiger partial charge in [0.1, 0.15) is 24.7 Å². The van der Waals surface area contributed by atoms with Crippen molar-refractivity contribution in [2.75, 3.05) is 13.2 Å². The standard InChI is InChI=1S/C24H21F3O3/c1-3-5-13-29-23-16-17-6-9-21(14-18(17)15-22(23)25)30-24(26,27)19-7-10-20(11-8-19)28-12-4-2/h3-11,14-16H,2,12-13H2,1H3/b5-3+. The van der Waals surface area contributed by atoms with Crippen LogP contribution in [0.4, 0.5) is 13.2 Å². The monoisotopic (exact) mass is 414 g/mol. The van der Waals surface area contributed by atoms with E-state index in [4.69, 9.17) is 14.2 Å². The number of rotatable bonds is 9. The molecule has 0 aliphatic heterocycles. The Morgan fingerprint density at radius 1 is 0.900 bits per heavy atom. The Kier molecular flexibility index (Phi) is 6.67. The summed E-state index contributed by atoms with van der Waals surface area (Å²) in [6, 6.07) is 12.4. The van der Waals surface area contributed by atoms with Crippen LogP contribution in [-0.4, -0.2) is 13.2 Å². The third-order valence-electron chi connectivity index (χ3n) is 4.24. The van der Waals surface area contributed by atoms with E-state index in [2.05, 4.69) is 6.58 Å². The number of halogens is 3. The van der Waals surface area contributed by atoms with E-state index in [0.717, 1.165) is 0 Å². The van der Waals surface area contributed by atoms with Gasteiger partial charge in [-0.05, 0) is 66.2 Å². The molecule has 0 saturated heterocycles. The Morgan fingerprint density at radius 3 is 2.33 bits per heavy atom. The predicted molar refractivity (Wildman–Crippen MR) is 111 cm³/mol. The van der Waals surface area contributed by atoms with Crippen molar-refractivity contribution in [2.24, 2.45) is 0 Å². The average molecular weight is 414 g/mol. The van der Waals surface area contributed by atoms with E-state index >= 15 is 0 Å². The Balaban J connectivity index is 1.78. The second kappa shape index (κ2) is 9.39. The molecule has 30 heavy (non-hydrogen) atoms. The first kappa shape index (κ1) is 21.3. The number of benzene rings is 3. The topological polar surface area (TPSA) is 27.7 Å². The van der Waals surface area contributed by atoms with Crippen molar-refractivity contribution < 1.29 is 27.4 Å². The third-order valence-corrected chi connectivity index (χ3v) is 4.24. The number of hydrogen-bond acceptors (Lipinski definition) is 3. The van der Waals surface area contributed by atoms with Gasteiger partial charge < -0.3 is 14.2 Å². The number of fused-ring (bicyclic) bond motifs is 1. The Hall–Kier alpha value is -3.41. The van der Waals surface area contributed by atoms with E-state index in [1.54, 1.807) is 24.3 Å². The molecule has 0 radical (unpaired) electrons. The predicted octanol–water partition coefficient (Wildman–Crippen LogP) is 6.63. The summed E-state index contributed by atoms with van der Waals surface area (Å²) in [4.78, 5) is 0. The fourth-order valence-electron chi connectivity index (χ4n) is 2.74. The van der Waals surface area contributed by atoms with Crippen molar-refractivity contribution >= 4 is 10.8 Å². The minimum Gasteiger partial charge on any atom is -0.490 e. The van der Waals surface area contributed by atoms with Crippen molar-refractivity contribution in [1.29, 1.82) is 0 Å². The van der Waals surface area contributed by atoms with E-state index < -0.39 is 11.9 Å². The quantitative estimate of drug-likeness (QED) is 0.368. The summed E-state index contributed by atoms with van der Waals surface area (Å²) in [5, 5.41) is 1.07. The molecule has 0 aliphatic carbocycles. The molecule has 0 heterocycles. The maximum atomic E-state index is 14.6. The highest BCUT2D eigenvalue weighted by Gasteiger charge is 2.34.